The molecule has 2 amide bonds. The highest BCUT2D eigenvalue weighted by Gasteiger charge is 2.28. The Hall–Kier alpha value is -2.53. The van der Waals surface area contributed by atoms with E-state index in [1.54, 1.807) is 17.0 Å². The number of amides is 2. The highest BCUT2D eigenvalue weighted by Crippen LogP contribution is 2.26. The second-order valence-electron chi connectivity index (χ2n) is 7.45. The average molecular weight is 431 g/mol. The molecule has 30 heavy (non-hydrogen) atoms. The summed E-state index contributed by atoms with van der Waals surface area (Å²) in [5.41, 5.74) is 1.95. The first-order valence-electron chi connectivity index (χ1n) is 10.4. The van der Waals surface area contributed by atoms with Crippen LogP contribution in [0.25, 0.3) is 0 Å². The summed E-state index contributed by atoms with van der Waals surface area (Å²) in [4.78, 5) is 27.4. The van der Waals surface area contributed by atoms with Gasteiger partial charge in [0.15, 0.2) is 6.61 Å². The molecule has 162 valence electrons. The first-order valence-corrected chi connectivity index (χ1v) is 10.8. The monoisotopic (exact) mass is 430 g/mol. The molecule has 0 aromatic heterocycles. The standard InChI is InChI=1S/C24H31ClN2O3/c1-5-21(24(29)26-6-2)27(15-18-11-13-19(25)14-12-18)23(28)16-30-22-10-8-7-9-20(22)17(3)4/h7-14,17,21H,5-6,15-16H2,1-4H3,(H,26,29)/t21-/m1/s1. The predicted octanol–water partition coefficient (Wildman–Crippen LogP) is 4.79. The number of carbonyl (C=O) groups is 2. The molecule has 0 spiro atoms. The third kappa shape index (κ3) is 6.49. The fourth-order valence-electron chi connectivity index (χ4n) is 3.31. The Balaban J connectivity index is 2.22. The van der Waals surface area contributed by atoms with Gasteiger partial charge in [0.2, 0.25) is 5.91 Å². The lowest BCUT2D eigenvalue weighted by molar-refractivity contribution is -0.142. The molecule has 0 bridgehead atoms. The topological polar surface area (TPSA) is 58.6 Å². The minimum Gasteiger partial charge on any atom is -0.483 e. The van der Waals surface area contributed by atoms with Gasteiger partial charge in [0.1, 0.15) is 11.8 Å². The lowest BCUT2D eigenvalue weighted by atomic mass is 10.0. The molecular weight excluding hydrogens is 400 g/mol. The number of nitrogens with zero attached hydrogens (tertiary/aromatic N) is 1. The minimum absolute atomic E-state index is 0.132. The number of hydrogen-bond acceptors (Lipinski definition) is 3. The van der Waals surface area contributed by atoms with E-state index in [0.29, 0.717) is 30.3 Å². The zero-order chi connectivity index (χ0) is 22.1. The Labute approximate surface area is 184 Å². The van der Waals surface area contributed by atoms with E-state index < -0.39 is 6.04 Å². The van der Waals surface area contributed by atoms with E-state index in [-0.39, 0.29) is 24.3 Å². The average Bonchev–Trinajstić information content (AvgIpc) is 2.73. The molecule has 1 N–H and O–H groups in total. The quantitative estimate of drug-likeness (QED) is 0.589. The molecule has 0 aliphatic carbocycles. The Kier molecular flexibility index (Phi) is 9.18. The normalized spacial score (nSPS) is 11.8. The van der Waals surface area contributed by atoms with E-state index in [0.717, 1.165) is 11.1 Å². The van der Waals surface area contributed by atoms with Gasteiger partial charge in [-0.25, -0.2) is 0 Å². The van der Waals surface area contributed by atoms with Crippen molar-refractivity contribution in [1.29, 1.82) is 0 Å². The molecule has 0 saturated heterocycles. The van der Waals surface area contributed by atoms with Crippen molar-refractivity contribution < 1.29 is 14.3 Å². The van der Waals surface area contributed by atoms with Crippen molar-refractivity contribution in [1.82, 2.24) is 10.2 Å². The van der Waals surface area contributed by atoms with Gasteiger partial charge in [-0.2, -0.15) is 0 Å². The van der Waals surface area contributed by atoms with E-state index >= 15 is 0 Å². The van der Waals surface area contributed by atoms with Gasteiger partial charge in [0.05, 0.1) is 0 Å². The van der Waals surface area contributed by atoms with Gasteiger partial charge in [0.25, 0.3) is 5.91 Å². The third-order valence-corrected chi connectivity index (χ3v) is 5.15. The van der Waals surface area contributed by atoms with Crippen molar-refractivity contribution in [3.8, 4) is 5.75 Å². The zero-order valence-corrected chi connectivity index (χ0v) is 18.9. The van der Waals surface area contributed by atoms with Crippen LogP contribution in [-0.4, -0.2) is 35.9 Å². The number of nitrogens with one attached hydrogen (secondary N) is 1. The fourth-order valence-corrected chi connectivity index (χ4v) is 3.44. The van der Waals surface area contributed by atoms with Crippen LogP contribution >= 0.6 is 11.6 Å². The van der Waals surface area contributed by atoms with E-state index in [1.165, 1.54) is 0 Å². The first kappa shape index (κ1) is 23.7. The van der Waals surface area contributed by atoms with E-state index in [4.69, 9.17) is 16.3 Å². The first-order chi connectivity index (χ1) is 14.4. The molecular formula is C24H31ClN2O3. The van der Waals surface area contributed by atoms with E-state index in [9.17, 15) is 9.59 Å². The Morgan fingerprint density at radius 1 is 1.07 bits per heavy atom. The number of hydrogen-bond donors (Lipinski definition) is 1. The molecule has 1 atom stereocenters. The molecule has 0 aliphatic rings. The summed E-state index contributed by atoms with van der Waals surface area (Å²) >= 11 is 5.99. The Bertz CT molecular complexity index is 837. The third-order valence-electron chi connectivity index (χ3n) is 4.90. The lowest BCUT2D eigenvalue weighted by Gasteiger charge is -2.30. The van der Waals surface area contributed by atoms with Crippen molar-refractivity contribution in [3.05, 3.63) is 64.7 Å². The molecule has 0 heterocycles. The highest BCUT2D eigenvalue weighted by molar-refractivity contribution is 6.30. The largest absolute Gasteiger partial charge is 0.483 e. The second kappa shape index (κ2) is 11.6. The van der Waals surface area contributed by atoms with Gasteiger partial charge >= 0.3 is 0 Å². The number of rotatable bonds is 10. The summed E-state index contributed by atoms with van der Waals surface area (Å²) in [6.45, 7) is 8.61. The summed E-state index contributed by atoms with van der Waals surface area (Å²) in [7, 11) is 0. The predicted molar refractivity (Wildman–Crippen MR) is 121 cm³/mol. The number of benzene rings is 2. The maximum Gasteiger partial charge on any atom is 0.261 e. The number of ether oxygens (including phenoxy) is 1. The molecule has 2 aromatic rings. The molecule has 0 radical (unpaired) electrons. The van der Waals surface area contributed by atoms with Gasteiger partial charge < -0.3 is 15.0 Å². The minimum atomic E-state index is -0.572. The number of carbonyl (C=O) groups excluding carboxylic acids is 2. The second-order valence-corrected chi connectivity index (χ2v) is 7.88. The molecule has 2 aromatic carbocycles. The van der Waals surface area contributed by atoms with Crippen LogP contribution in [0, 0.1) is 0 Å². The van der Waals surface area contributed by atoms with Gasteiger partial charge in [-0.15, -0.1) is 0 Å². The van der Waals surface area contributed by atoms with Gasteiger partial charge in [-0.1, -0.05) is 62.7 Å². The summed E-state index contributed by atoms with van der Waals surface area (Å²) in [5, 5.41) is 3.46. The fraction of sp³-hybridized carbons (Fsp3) is 0.417. The van der Waals surface area contributed by atoms with Crippen LogP contribution in [0.4, 0.5) is 0 Å². The van der Waals surface area contributed by atoms with Crippen molar-refractivity contribution in [2.45, 2.75) is 52.6 Å². The van der Waals surface area contributed by atoms with Crippen molar-refractivity contribution in [2.24, 2.45) is 0 Å². The molecule has 0 fully saturated rings. The van der Waals surface area contributed by atoms with Crippen molar-refractivity contribution in [3.63, 3.8) is 0 Å². The van der Waals surface area contributed by atoms with Crippen LogP contribution in [0.15, 0.2) is 48.5 Å². The number of para-hydroxylation sites is 1. The van der Waals surface area contributed by atoms with Crippen LogP contribution in [0.3, 0.4) is 0 Å². The maximum atomic E-state index is 13.2. The summed E-state index contributed by atoms with van der Waals surface area (Å²) in [5.74, 6) is 0.574. The molecule has 2 rings (SSSR count). The smallest absolute Gasteiger partial charge is 0.261 e. The van der Waals surface area contributed by atoms with Gasteiger partial charge in [0, 0.05) is 18.1 Å². The molecule has 5 nitrogen and oxygen atoms in total. The lowest BCUT2D eigenvalue weighted by Crippen LogP contribution is -2.50. The number of halogens is 1. The zero-order valence-electron chi connectivity index (χ0n) is 18.2. The van der Waals surface area contributed by atoms with E-state index in [1.807, 2.05) is 50.2 Å². The van der Waals surface area contributed by atoms with E-state index in [2.05, 4.69) is 19.2 Å². The highest BCUT2D eigenvalue weighted by atomic mass is 35.5. The SMILES string of the molecule is CCNC(=O)[C@@H](CC)N(Cc1ccc(Cl)cc1)C(=O)COc1ccccc1C(C)C. The summed E-state index contributed by atoms with van der Waals surface area (Å²) in [6, 6.07) is 14.4. The van der Waals surface area contributed by atoms with Crippen LogP contribution in [-0.2, 0) is 16.1 Å². The van der Waals surface area contributed by atoms with Crippen molar-refractivity contribution in [2.75, 3.05) is 13.2 Å². The van der Waals surface area contributed by atoms with Crippen LogP contribution in [0.2, 0.25) is 5.02 Å². The van der Waals surface area contributed by atoms with Crippen LogP contribution in [0.1, 0.15) is 51.2 Å². The maximum absolute atomic E-state index is 13.2. The van der Waals surface area contributed by atoms with Gasteiger partial charge in [-0.05, 0) is 48.6 Å². The summed E-state index contributed by atoms with van der Waals surface area (Å²) < 4.78 is 5.89. The molecule has 0 saturated carbocycles. The molecule has 6 heteroatoms. The Morgan fingerprint density at radius 2 is 1.73 bits per heavy atom. The van der Waals surface area contributed by atoms with Gasteiger partial charge in [-0.3, -0.25) is 9.59 Å². The summed E-state index contributed by atoms with van der Waals surface area (Å²) in [6.07, 6.45) is 0.508. The van der Waals surface area contributed by atoms with Crippen LogP contribution in [0.5, 0.6) is 5.75 Å². The van der Waals surface area contributed by atoms with Crippen molar-refractivity contribution >= 4 is 23.4 Å². The number of likely N-dealkylation sites (N-methyl/N-ethyl adjacent to an activating group) is 1. The molecule has 0 aliphatic heterocycles. The van der Waals surface area contributed by atoms with Crippen LogP contribution < -0.4 is 10.1 Å². The Morgan fingerprint density at radius 3 is 2.33 bits per heavy atom. The molecule has 0 unspecified atom stereocenters.